The number of hydrogen-bond donors (Lipinski definition) is 2. The zero-order valence-corrected chi connectivity index (χ0v) is 23.8. The maximum atomic E-state index is 14.1. The predicted molar refractivity (Wildman–Crippen MR) is 159 cm³/mol. The molecule has 0 saturated carbocycles. The van der Waals surface area contributed by atoms with Crippen LogP contribution in [0, 0.1) is 10.1 Å². The number of fused-ring (bicyclic) bond motifs is 1. The highest BCUT2D eigenvalue weighted by atomic mass is 16.6. The number of benzene rings is 3. The molecule has 0 aromatic heterocycles. The van der Waals surface area contributed by atoms with Crippen molar-refractivity contribution in [3.05, 3.63) is 111 Å². The van der Waals surface area contributed by atoms with Crippen molar-refractivity contribution >= 4 is 34.7 Å². The van der Waals surface area contributed by atoms with Gasteiger partial charge < -0.3 is 10.4 Å². The van der Waals surface area contributed by atoms with E-state index < -0.39 is 22.8 Å². The number of para-hydroxylation sites is 2. The van der Waals surface area contributed by atoms with Crippen LogP contribution in [0.3, 0.4) is 0 Å². The topological polar surface area (TPSA) is 130 Å². The Morgan fingerprint density at radius 1 is 0.976 bits per heavy atom. The Morgan fingerprint density at radius 3 is 2.36 bits per heavy atom. The second-order valence-corrected chi connectivity index (χ2v) is 11.8. The normalized spacial score (nSPS) is 18.5. The number of carboxylic acids is 1. The number of nitrogens with zero attached hydrogens (tertiary/aromatic N) is 2. The van der Waals surface area contributed by atoms with Gasteiger partial charge in [0.05, 0.1) is 28.8 Å². The average Bonchev–Trinajstić information content (AvgIpc) is 3.10. The van der Waals surface area contributed by atoms with Crippen molar-refractivity contribution < 1.29 is 24.4 Å². The van der Waals surface area contributed by atoms with Crippen molar-refractivity contribution in [2.75, 3.05) is 10.2 Å². The van der Waals surface area contributed by atoms with E-state index in [1.165, 1.54) is 28.7 Å². The van der Waals surface area contributed by atoms with Crippen LogP contribution in [0.15, 0.2) is 84.1 Å². The summed E-state index contributed by atoms with van der Waals surface area (Å²) in [7, 11) is 0. The molecular formula is C33H33N3O6. The minimum absolute atomic E-state index is 0.00862. The number of ketones is 1. The number of Topliss-reactive ketones (excluding diaryl/α,β-unsaturated/α-hetero) is 1. The van der Waals surface area contributed by atoms with E-state index in [2.05, 4.69) is 50.4 Å². The number of carboxylic acid groups (broad SMARTS) is 1. The van der Waals surface area contributed by atoms with E-state index >= 15 is 0 Å². The van der Waals surface area contributed by atoms with Crippen LogP contribution in [0.1, 0.15) is 75.1 Å². The first-order valence-electron chi connectivity index (χ1n) is 13.9. The minimum atomic E-state index is -1.12. The molecule has 2 aliphatic rings. The van der Waals surface area contributed by atoms with Gasteiger partial charge in [-0.2, -0.15) is 0 Å². The van der Waals surface area contributed by atoms with Gasteiger partial charge in [-0.25, -0.2) is 0 Å². The fourth-order valence-corrected chi connectivity index (χ4v) is 5.81. The Labute approximate surface area is 244 Å². The van der Waals surface area contributed by atoms with E-state index in [0.29, 0.717) is 34.6 Å². The van der Waals surface area contributed by atoms with E-state index in [1.54, 1.807) is 24.3 Å². The lowest BCUT2D eigenvalue weighted by Gasteiger charge is -2.35. The van der Waals surface area contributed by atoms with Crippen LogP contribution in [0.4, 0.5) is 17.1 Å². The summed E-state index contributed by atoms with van der Waals surface area (Å²) in [6.45, 7) is 6.44. The number of nitro benzene ring substituents is 1. The first-order chi connectivity index (χ1) is 19.9. The van der Waals surface area contributed by atoms with Gasteiger partial charge in [0.1, 0.15) is 0 Å². The molecule has 0 unspecified atom stereocenters. The zero-order valence-electron chi connectivity index (χ0n) is 23.8. The van der Waals surface area contributed by atoms with Crippen molar-refractivity contribution in [1.29, 1.82) is 0 Å². The van der Waals surface area contributed by atoms with Crippen LogP contribution < -0.4 is 10.2 Å². The summed E-state index contributed by atoms with van der Waals surface area (Å²) in [5, 5.41) is 24.4. The second-order valence-electron chi connectivity index (χ2n) is 11.8. The molecule has 3 aromatic rings. The molecule has 42 heavy (non-hydrogen) atoms. The molecule has 2 atom stereocenters. The number of hydrogen-bond acceptors (Lipinski definition) is 6. The van der Waals surface area contributed by atoms with Gasteiger partial charge in [-0.05, 0) is 46.6 Å². The minimum Gasteiger partial charge on any atom is -0.481 e. The van der Waals surface area contributed by atoms with E-state index in [1.807, 2.05) is 6.07 Å². The average molecular weight is 568 g/mol. The van der Waals surface area contributed by atoms with Crippen molar-refractivity contribution in [3.63, 3.8) is 0 Å². The van der Waals surface area contributed by atoms with E-state index in [0.717, 1.165) is 5.56 Å². The SMILES string of the molecule is CC(C)(C)c1ccc([C@@H]2CC(=O)C3=C(C2)Nc2ccccc2N(C(=O)CCC(=O)O)[C@@H]3c2cccc([N+](=O)[O-])c2)cc1. The van der Waals surface area contributed by atoms with Crippen molar-refractivity contribution in [2.24, 2.45) is 0 Å². The Kier molecular flexibility index (Phi) is 7.69. The largest absolute Gasteiger partial charge is 0.481 e. The van der Waals surface area contributed by atoms with Gasteiger partial charge in [-0.15, -0.1) is 0 Å². The fraction of sp³-hybridized carbons (Fsp3) is 0.303. The first kappa shape index (κ1) is 28.7. The lowest BCUT2D eigenvalue weighted by Crippen LogP contribution is -2.38. The van der Waals surface area contributed by atoms with Crippen LogP contribution in [-0.4, -0.2) is 27.7 Å². The number of anilines is 2. The molecule has 1 aliphatic carbocycles. The van der Waals surface area contributed by atoms with Crippen molar-refractivity contribution in [1.82, 2.24) is 0 Å². The van der Waals surface area contributed by atoms with Crippen molar-refractivity contribution in [2.45, 2.75) is 63.8 Å². The molecule has 1 aliphatic heterocycles. The van der Waals surface area contributed by atoms with Crippen LogP contribution in [0.5, 0.6) is 0 Å². The van der Waals surface area contributed by atoms with E-state index in [4.69, 9.17) is 0 Å². The fourth-order valence-electron chi connectivity index (χ4n) is 5.81. The highest BCUT2D eigenvalue weighted by Crippen LogP contribution is 2.48. The molecule has 0 spiro atoms. The first-order valence-corrected chi connectivity index (χ1v) is 13.9. The Balaban J connectivity index is 1.66. The summed E-state index contributed by atoms with van der Waals surface area (Å²) in [6, 6.07) is 20.4. The Hall–Kier alpha value is -4.79. The summed E-state index contributed by atoms with van der Waals surface area (Å²) in [5.74, 6) is -1.89. The molecule has 216 valence electrons. The Bertz CT molecular complexity index is 1600. The third-order valence-corrected chi connectivity index (χ3v) is 7.95. The number of non-ortho nitro benzene ring substituents is 1. The molecule has 0 radical (unpaired) electrons. The number of carbonyl (C=O) groups is 3. The molecule has 9 nitrogen and oxygen atoms in total. The molecule has 0 saturated heterocycles. The number of allylic oxidation sites excluding steroid dienone is 1. The summed E-state index contributed by atoms with van der Waals surface area (Å²) in [5.41, 5.74) is 4.52. The standard InChI is InChI=1S/C33H33N3O6/c1-33(2,3)23-13-11-20(12-14-23)22-18-26-31(28(37)19-22)32(21-7-6-8-24(17-21)36(41)42)35(29(38)15-16-30(39)40)27-10-5-4-9-25(27)34-26/h4-14,17,22,32,34H,15-16,18-19H2,1-3H3,(H,39,40)/t22-,32+/m0/s1. The highest BCUT2D eigenvalue weighted by Gasteiger charge is 2.42. The van der Waals surface area contributed by atoms with Gasteiger partial charge >= 0.3 is 5.97 Å². The van der Waals surface area contributed by atoms with Gasteiger partial charge in [0.15, 0.2) is 5.78 Å². The third kappa shape index (κ3) is 5.68. The lowest BCUT2D eigenvalue weighted by atomic mass is 9.77. The molecule has 0 bridgehead atoms. The van der Waals surface area contributed by atoms with Crippen molar-refractivity contribution in [3.8, 4) is 0 Å². The monoisotopic (exact) mass is 567 g/mol. The van der Waals surface area contributed by atoms with E-state index in [9.17, 15) is 29.6 Å². The van der Waals surface area contributed by atoms with Crippen LogP contribution >= 0.6 is 0 Å². The van der Waals surface area contributed by atoms with E-state index in [-0.39, 0.29) is 42.1 Å². The molecule has 3 aromatic carbocycles. The molecule has 0 fully saturated rings. The van der Waals surface area contributed by atoms with Gasteiger partial charge in [0.25, 0.3) is 5.69 Å². The number of nitro groups is 1. The van der Waals surface area contributed by atoms with Crippen LogP contribution in [-0.2, 0) is 19.8 Å². The predicted octanol–water partition coefficient (Wildman–Crippen LogP) is 6.66. The molecule has 9 heteroatoms. The summed E-state index contributed by atoms with van der Waals surface area (Å²) < 4.78 is 0. The van der Waals surface area contributed by atoms with Crippen LogP contribution in [0.2, 0.25) is 0 Å². The number of amides is 1. The molecule has 1 amide bonds. The number of carbonyl (C=O) groups excluding carboxylic acids is 2. The smallest absolute Gasteiger partial charge is 0.303 e. The maximum Gasteiger partial charge on any atom is 0.303 e. The zero-order chi connectivity index (χ0) is 30.2. The Morgan fingerprint density at radius 2 is 1.69 bits per heavy atom. The van der Waals surface area contributed by atoms with Gasteiger partial charge in [0.2, 0.25) is 5.91 Å². The number of aliphatic carboxylic acids is 1. The van der Waals surface area contributed by atoms with Gasteiger partial charge in [-0.3, -0.25) is 29.4 Å². The molecule has 5 rings (SSSR count). The summed E-state index contributed by atoms with van der Waals surface area (Å²) in [6.07, 6.45) is 0.00881. The third-order valence-electron chi connectivity index (χ3n) is 7.95. The molecular weight excluding hydrogens is 534 g/mol. The maximum absolute atomic E-state index is 14.1. The summed E-state index contributed by atoms with van der Waals surface area (Å²) >= 11 is 0. The quantitative estimate of drug-likeness (QED) is 0.252. The summed E-state index contributed by atoms with van der Waals surface area (Å²) in [4.78, 5) is 51.9. The highest BCUT2D eigenvalue weighted by molar-refractivity contribution is 6.06. The molecule has 2 N–H and O–H groups in total. The lowest BCUT2D eigenvalue weighted by molar-refractivity contribution is -0.384. The van der Waals surface area contributed by atoms with Crippen LogP contribution in [0.25, 0.3) is 0 Å². The van der Waals surface area contributed by atoms with Gasteiger partial charge in [0, 0.05) is 36.2 Å². The number of nitrogens with one attached hydrogen (secondary N) is 1. The second kappa shape index (κ2) is 11.2. The molecule has 1 heterocycles. The van der Waals surface area contributed by atoms with Gasteiger partial charge in [-0.1, -0.05) is 69.3 Å². The number of rotatable bonds is 6.